The topological polar surface area (TPSA) is 105 Å². The Kier molecular flexibility index (Phi) is 11.6. The molecule has 1 aliphatic rings. The number of carbonyl (C=O) groups excluding carboxylic acids is 1. The van der Waals surface area contributed by atoms with Gasteiger partial charge in [0.25, 0.3) is 0 Å². The Hall–Kier alpha value is -5.06. The molecular weight excluding hydrogens is 616 g/mol. The summed E-state index contributed by atoms with van der Waals surface area (Å²) < 4.78 is 18.9. The summed E-state index contributed by atoms with van der Waals surface area (Å²) in [6.07, 6.45) is 2.63. The minimum atomic E-state index is -0.551. The van der Waals surface area contributed by atoms with Gasteiger partial charge in [-0.2, -0.15) is 0 Å². The first-order chi connectivity index (χ1) is 24.0. The Labute approximate surface area is 287 Å². The Bertz CT molecular complexity index is 1740. The molecule has 1 fully saturated rings. The van der Waals surface area contributed by atoms with Gasteiger partial charge in [-0.05, 0) is 72.3 Å². The van der Waals surface area contributed by atoms with Crippen LogP contribution in [0.5, 0.6) is 11.5 Å². The van der Waals surface area contributed by atoms with E-state index in [1.807, 2.05) is 115 Å². The summed E-state index contributed by atoms with van der Waals surface area (Å²) in [6, 6.07) is 38.3. The molecular formula is C40H42N4O5. The summed E-state index contributed by atoms with van der Waals surface area (Å²) in [5.41, 5.74) is 5.50. The minimum Gasteiger partial charge on any atom is -0.457 e. The Morgan fingerprint density at radius 2 is 1.53 bits per heavy atom. The third-order valence-electron chi connectivity index (χ3n) is 8.40. The number of aliphatic hydroxyl groups excluding tert-OH is 1. The largest absolute Gasteiger partial charge is 0.457 e. The molecule has 4 aromatic carbocycles. The van der Waals surface area contributed by atoms with Crippen LogP contribution in [0.4, 0.5) is 10.5 Å². The Morgan fingerprint density at radius 1 is 0.837 bits per heavy atom. The van der Waals surface area contributed by atoms with Gasteiger partial charge >= 0.3 is 6.03 Å². The lowest BCUT2D eigenvalue weighted by Gasteiger charge is -2.38. The highest BCUT2D eigenvalue weighted by atomic mass is 16.7. The van der Waals surface area contributed by atoms with E-state index in [-0.39, 0.29) is 24.8 Å². The van der Waals surface area contributed by atoms with Crippen LogP contribution in [0.15, 0.2) is 128 Å². The van der Waals surface area contributed by atoms with Gasteiger partial charge in [-0.15, -0.1) is 0 Å². The summed E-state index contributed by atoms with van der Waals surface area (Å²) in [5.74, 6) is 1.44. The van der Waals surface area contributed by atoms with Crippen molar-refractivity contribution >= 4 is 11.7 Å². The van der Waals surface area contributed by atoms with Crippen molar-refractivity contribution < 1.29 is 24.1 Å². The average Bonchev–Trinajstić information content (AvgIpc) is 3.15. The molecule has 3 atom stereocenters. The molecule has 3 unspecified atom stereocenters. The summed E-state index contributed by atoms with van der Waals surface area (Å²) >= 11 is 0. The van der Waals surface area contributed by atoms with Crippen molar-refractivity contribution in [2.75, 3.05) is 25.5 Å². The third-order valence-corrected chi connectivity index (χ3v) is 8.40. The number of hydrogen-bond donors (Lipinski definition) is 3. The molecule has 0 spiro atoms. The van der Waals surface area contributed by atoms with Crippen molar-refractivity contribution in [1.29, 1.82) is 0 Å². The molecule has 6 rings (SSSR count). The second-order valence-electron chi connectivity index (χ2n) is 12.2. The number of pyridine rings is 1. The molecule has 3 N–H and O–H groups in total. The third kappa shape index (κ3) is 9.98. The van der Waals surface area contributed by atoms with Crippen molar-refractivity contribution in [2.24, 2.45) is 0 Å². The van der Waals surface area contributed by atoms with Crippen LogP contribution in [-0.2, 0) is 29.0 Å². The van der Waals surface area contributed by atoms with Gasteiger partial charge in [0.05, 0.1) is 18.8 Å². The molecule has 252 valence electrons. The van der Waals surface area contributed by atoms with Gasteiger partial charge in [0, 0.05) is 55.6 Å². The number of anilines is 1. The van der Waals surface area contributed by atoms with E-state index >= 15 is 0 Å². The van der Waals surface area contributed by atoms with Crippen LogP contribution in [0.2, 0.25) is 0 Å². The molecule has 9 nitrogen and oxygen atoms in total. The SMILES string of the molecule is CN(CCc1ccccn1)CC1CC(c2ccc(CO)cc2)OC(c2ccc(CNC(=O)Nc3ccc(Oc4ccccc4)cc3)cc2)O1. The number of likely N-dealkylation sites (N-methyl/N-ethyl adjacent to an activating group) is 1. The molecule has 1 aromatic heterocycles. The van der Waals surface area contributed by atoms with Crippen LogP contribution in [0.25, 0.3) is 0 Å². The normalized spacial score (nSPS) is 17.4. The van der Waals surface area contributed by atoms with Gasteiger partial charge in [-0.1, -0.05) is 72.8 Å². The van der Waals surface area contributed by atoms with E-state index in [0.717, 1.165) is 53.2 Å². The van der Waals surface area contributed by atoms with E-state index in [2.05, 4.69) is 27.6 Å². The zero-order chi connectivity index (χ0) is 33.8. The van der Waals surface area contributed by atoms with Gasteiger partial charge in [-0.3, -0.25) is 4.98 Å². The number of hydrogen-bond acceptors (Lipinski definition) is 7. The fourth-order valence-electron chi connectivity index (χ4n) is 5.70. The average molecular weight is 659 g/mol. The van der Waals surface area contributed by atoms with E-state index in [9.17, 15) is 9.90 Å². The van der Waals surface area contributed by atoms with Crippen LogP contribution in [0.1, 0.15) is 46.8 Å². The van der Waals surface area contributed by atoms with Crippen LogP contribution < -0.4 is 15.4 Å². The van der Waals surface area contributed by atoms with Crippen molar-refractivity contribution in [3.05, 3.63) is 155 Å². The van der Waals surface area contributed by atoms with E-state index in [1.165, 1.54) is 0 Å². The zero-order valence-corrected chi connectivity index (χ0v) is 27.6. The highest BCUT2D eigenvalue weighted by Crippen LogP contribution is 2.38. The Morgan fingerprint density at radius 3 is 2.24 bits per heavy atom. The minimum absolute atomic E-state index is 0.00180. The molecule has 2 heterocycles. The Balaban J connectivity index is 1.04. The first-order valence-corrected chi connectivity index (χ1v) is 16.6. The predicted octanol–water partition coefficient (Wildman–Crippen LogP) is 7.41. The van der Waals surface area contributed by atoms with E-state index in [4.69, 9.17) is 14.2 Å². The highest BCUT2D eigenvalue weighted by Gasteiger charge is 2.32. The molecule has 0 bridgehead atoms. The number of para-hydroxylation sites is 1. The van der Waals surface area contributed by atoms with Crippen LogP contribution in [0.3, 0.4) is 0 Å². The van der Waals surface area contributed by atoms with Gasteiger partial charge < -0.3 is 34.9 Å². The highest BCUT2D eigenvalue weighted by molar-refractivity contribution is 5.89. The van der Waals surface area contributed by atoms with Crippen molar-refractivity contribution in [3.8, 4) is 11.5 Å². The number of rotatable bonds is 13. The van der Waals surface area contributed by atoms with E-state index in [1.54, 1.807) is 12.1 Å². The molecule has 1 saturated heterocycles. The summed E-state index contributed by atoms with van der Waals surface area (Å²) in [4.78, 5) is 19.4. The smallest absolute Gasteiger partial charge is 0.319 e. The second-order valence-corrected chi connectivity index (χ2v) is 12.2. The molecule has 0 saturated carbocycles. The second kappa shape index (κ2) is 16.9. The molecule has 49 heavy (non-hydrogen) atoms. The maximum Gasteiger partial charge on any atom is 0.319 e. The molecule has 2 amide bonds. The lowest BCUT2D eigenvalue weighted by molar-refractivity contribution is -0.252. The van der Waals surface area contributed by atoms with E-state index < -0.39 is 6.29 Å². The molecule has 9 heteroatoms. The molecule has 1 aliphatic heterocycles. The number of aromatic nitrogens is 1. The number of carbonyl (C=O) groups is 1. The fourth-order valence-corrected chi connectivity index (χ4v) is 5.70. The van der Waals surface area contributed by atoms with Gasteiger partial charge in [0.2, 0.25) is 0 Å². The molecule has 0 radical (unpaired) electrons. The maximum atomic E-state index is 12.6. The van der Waals surface area contributed by atoms with Crippen molar-refractivity contribution in [2.45, 2.75) is 44.5 Å². The number of ether oxygens (including phenoxy) is 3. The monoisotopic (exact) mass is 658 g/mol. The number of nitrogens with zero attached hydrogens (tertiary/aromatic N) is 2. The van der Waals surface area contributed by atoms with Crippen molar-refractivity contribution in [1.82, 2.24) is 15.2 Å². The first kappa shape index (κ1) is 33.8. The fraction of sp³-hybridized carbons (Fsp3) is 0.250. The molecule has 5 aromatic rings. The quantitative estimate of drug-likeness (QED) is 0.121. The van der Waals surface area contributed by atoms with Gasteiger partial charge in [-0.25, -0.2) is 4.79 Å². The summed E-state index contributed by atoms with van der Waals surface area (Å²) in [6.45, 7) is 1.97. The number of aliphatic hydroxyl groups is 1. The van der Waals surface area contributed by atoms with Crippen LogP contribution in [-0.4, -0.2) is 47.3 Å². The van der Waals surface area contributed by atoms with Crippen LogP contribution >= 0.6 is 0 Å². The zero-order valence-electron chi connectivity index (χ0n) is 27.6. The molecule has 0 aliphatic carbocycles. The summed E-state index contributed by atoms with van der Waals surface area (Å²) in [5, 5.41) is 15.3. The van der Waals surface area contributed by atoms with E-state index in [0.29, 0.717) is 24.4 Å². The number of urea groups is 1. The predicted molar refractivity (Wildman–Crippen MR) is 189 cm³/mol. The number of nitrogens with one attached hydrogen (secondary N) is 2. The standard InChI is InChI=1S/C40H42N4O5/c1-44(24-22-33-7-5-6-23-41-33)27-37-25-38(31-14-12-30(28-45)13-15-31)49-39(48-37)32-16-10-29(11-17-32)26-42-40(46)43-34-18-20-36(21-19-34)47-35-8-3-2-4-9-35/h2-21,23,37-39,45H,22,24-28H2,1H3,(H2,42,43,46). The first-order valence-electron chi connectivity index (χ1n) is 16.6. The van der Waals surface area contributed by atoms with Crippen molar-refractivity contribution in [3.63, 3.8) is 0 Å². The number of amides is 2. The van der Waals surface area contributed by atoms with Gasteiger partial charge in [0.1, 0.15) is 11.5 Å². The lowest BCUT2D eigenvalue weighted by Crippen LogP contribution is -2.38. The number of benzene rings is 4. The summed E-state index contributed by atoms with van der Waals surface area (Å²) in [7, 11) is 2.11. The maximum absolute atomic E-state index is 12.6. The van der Waals surface area contributed by atoms with Gasteiger partial charge in [0.15, 0.2) is 6.29 Å². The lowest BCUT2D eigenvalue weighted by atomic mass is 9.99. The van der Waals surface area contributed by atoms with Crippen LogP contribution in [0, 0.1) is 0 Å².